The highest BCUT2D eigenvalue weighted by Gasteiger charge is 2.18. The van der Waals surface area contributed by atoms with Crippen LogP contribution in [0.5, 0.6) is 0 Å². The minimum absolute atomic E-state index is 0.191. The molecule has 0 saturated carbocycles. The molecule has 0 aromatic rings. The molecule has 1 unspecified atom stereocenters. The van der Waals surface area contributed by atoms with E-state index in [1.807, 2.05) is 0 Å². The molecule has 0 aliphatic heterocycles. The van der Waals surface area contributed by atoms with E-state index in [1.165, 1.54) is 62.9 Å². The van der Waals surface area contributed by atoms with Crippen LogP contribution in [0.3, 0.4) is 0 Å². The smallest absolute Gasteiger partial charge is 0.0645 e. The van der Waals surface area contributed by atoms with Gasteiger partial charge >= 0.3 is 0 Å². The van der Waals surface area contributed by atoms with Gasteiger partial charge in [-0.1, -0.05) is 44.2 Å². The van der Waals surface area contributed by atoms with E-state index in [0.717, 1.165) is 12.0 Å². The number of fused-ring (bicyclic) bond motifs is 1. The Kier molecular flexibility index (Phi) is 7.84. The predicted molar refractivity (Wildman–Crippen MR) is 99.5 cm³/mol. The number of hydrogen-bond donors (Lipinski definition) is 1. The van der Waals surface area contributed by atoms with E-state index in [9.17, 15) is 5.11 Å². The van der Waals surface area contributed by atoms with Gasteiger partial charge in [-0.25, -0.2) is 0 Å². The highest BCUT2D eigenvalue weighted by molar-refractivity contribution is 5.44. The minimum atomic E-state index is 0.191. The van der Waals surface area contributed by atoms with Gasteiger partial charge in [-0.05, 0) is 74.9 Å². The Morgan fingerprint density at radius 2 is 1.87 bits per heavy atom. The molecule has 0 aromatic carbocycles. The first-order valence-corrected chi connectivity index (χ1v) is 9.38. The fourth-order valence-electron chi connectivity index (χ4n) is 3.55. The summed E-state index contributed by atoms with van der Waals surface area (Å²) in [5.74, 6) is 0.482. The summed E-state index contributed by atoms with van der Waals surface area (Å²) in [7, 11) is 0. The SMILES string of the molecule is CCCN(CCC)CCCCC1=CC2=CC=C(CO)CC2C=C1. The number of nitrogens with zero attached hydrogens (tertiary/aromatic N) is 1. The van der Waals surface area contributed by atoms with E-state index in [4.69, 9.17) is 0 Å². The topological polar surface area (TPSA) is 23.5 Å². The molecule has 2 nitrogen and oxygen atoms in total. The molecule has 128 valence electrons. The van der Waals surface area contributed by atoms with Crippen LogP contribution in [-0.4, -0.2) is 36.2 Å². The number of hydrogen-bond acceptors (Lipinski definition) is 2. The maximum atomic E-state index is 9.26. The molecule has 2 heteroatoms. The van der Waals surface area contributed by atoms with Crippen molar-refractivity contribution in [1.82, 2.24) is 4.90 Å². The van der Waals surface area contributed by atoms with Crippen molar-refractivity contribution in [1.29, 1.82) is 0 Å². The standard InChI is InChI=1S/C21H33NO/c1-3-12-22(13-4-2)14-6-5-7-18-8-10-21-16-19(17-23)9-11-20(21)15-18/h8-11,15,21,23H,3-7,12-14,16-17H2,1-2H3. The zero-order valence-electron chi connectivity index (χ0n) is 14.9. The van der Waals surface area contributed by atoms with Crippen molar-refractivity contribution < 1.29 is 5.11 Å². The summed E-state index contributed by atoms with van der Waals surface area (Å²) >= 11 is 0. The second kappa shape index (κ2) is 9.89. The summed E-state index contributed by atoms with van der Waals surface area (Å²) in [5, 5.41) is 9.26. The van der Waals surface area contributed by atoms with Crippen molar-refractivity contribution in [3.63, 3.8) is 0 Å². The van der Waals surface area contributed by atoms with Crippen LogP contribution < -0.4 is 0 Å². The Hall–Kier alpha value is -1.12. The number of unbranched alkanes of at least 4 members (excludes halogenated alkanes) is 1. The molecule has 1 N–H and O–H groups in total. The fraction of sp³-hybridized carbons (Fsp3) is 0.619. The Labute approximate surface area is 142 Å². The largest absolute Gasteiger partial charge is 0.392 e. The average Bonchev–Trinajstić information content (AvgIpc) is 2.58. The number of allylic oxidation sites excluding steroid dienone is 7. The third-order valence-electron chi connectivity index (χ3n) is 4.79. The quantitative estimate of drug-likeness (QED) is 0.594. The molecule has 0 aromatic heterocycles. The second-order valence-corrected chi connectivity index (χ2v) is 6.84. The molecule has 0 saturated heterocycles. The molecule has 0 heterocycles. The summed E-state index contributed by atoms with van der Waals surface area (Å²) < 4.78 is 0. The van der Waals surface area contributed by atoms with Crippen molar-refractivity contribution in [2.45, 2.75) is 52.4 Å². The minimum Gasteiger partial charge on any atom is -0.392 e. The van der Waals surface area contributed by atoms with Crippen LogP contribution in [0.1, 0.15) is 52.4 Å². The van der Waals surface area contributed by atoms with Crippen LogP contribution in [0.4, 0.5) is 0 Å². The molecule has 1 atom stereocenters. The van der Waals surface area contributed by atoms with Crippen LogP contribution in [0.25, 0.3) is 0 Å². The summed E-state index contributed by atoms with van der Waals surface area (Å²) in [4.78, 5) is 2.60. The first-order valence-electron chi connectivity index (χ1n) is 9.38. The molecule has 0 radical (unpaired) electrons. The van der Waals surface area contributed by atoms with E-state index < -0.39 is 0 Å². The molecule has 0 bridgehead atoms. The van der Waals surface area contributed by atoms with E-state index in [2.05, 4.69) is 49.1 Å². The molecular formula is C21H33NO. The summed E-state index contributed by atoms with van der Waals surface area (Å²) in [6, 6.07) is 0. The van der Waals surface area contributed by atoms with Gasteiger partial charge in [0.25, 0.3) is 0 Å². The average molecular weight is 316 g/mol. The van der Waals surface area contributed by atoms with Gasteiger partial charge in [0.15, 0.2) is 0 Å². The maximum Gasteiger partial charge on any atom is 0.0645 e. The number of aliphatic hydroxyl groups is 1. The van der Waals surface area contributed by atoms with Gasteiger partial charge in [-0.15, -0.1) is 0 Å². The van der Waals surface area contributed by atoms with Gasteiger partial charge in [-0.2, -0.15) is 0 Å². The molecule has 0 fully saturated rings. The van der Waals surface area contributed by atoms with Crippen LogP contribution in [-0.2, 0) is 0 Å². The lowest BCUT2D eigenvalue weighted by Gasteiger charge is -2.24. The maximum absolute atomic E-state index is 9.26. The zero-order valence-corrected chi connectivity index (χ0v) is 14.9. The molecule has 2 aliphatic carbocycles. The Balaban J connectivity index is 1.76. The molecule has 0 spiro atoms. The Morgan fingerprint density at radius 1 is 1.09 bits per heavy atom. The van der Waals surface area contributed by atoms with Crippen molar-refractivity contribution in [2.75, 3.05) is 26.2 Å². The third-order valence-corrected chi connectivity index (χ3v) is 4.79. The fourth-order valence-corrected chi connectivity index (χ4v) is 3.55. The van der Waals surface area contributed by atoms with Gasteiger partial charge < -0.3 is 10.0 Å². The van der Waals surface area contributed by atoms with E-state index in [0.29, 0.717) is 5.92 Å². The lowest BCUT2D eigenvalue weighted by Crippen LogP contribution is -2.26. The highest BCUT2D eigenvalue weighted by Crippen LogP contribution is 2.32. The monoisotopic (exact) mass is 315 g/mol. The molecule has 2 aliphatic rings. The van der Waals surface area contributed by atoms with Crippen molar-refractivity contribution in [3.8, 4) is 0 Å². The van der Waals surface area contributed by atoms with Crippen LogP contribution >= 0.6 is 0 Å². The molecule has 0 amide bonds. The van der Waals surface area contributed by atoms with Crippen molar-refractivity contribution in [2.24, 2.45) is 5.92 Å². The van der Waals surface area contributed by atoms with Gasteiger partial charge in [0, 0.05) is 5.92 Å². The Bertz CT molecular complexity index is 478. The summed E-state index contributed by atoms with van der Waals surface area (Å²) in [6.07, 6.45) is 18.5. The lowest BCUT2D eigenvalue weighted by molar-refractivity contribution is 0.269. The normalized spacial score (nSPS) is 20.2. The van der Waals surface area contributed by atoms with Crippen LogP contribution in [0, 0.1) is 5.92 Å². The molecule has 23 heavy (non-hydrogen) atoms. The van der Waals surface area contributed by atoms with Gasteiger partial charge in [0.1, 0.15) is 0 Å². The van der Waals surface area contributed by atoms with Crippen molar-refractivity contribution >= 4 is 0 Å². The summed E-state index contributed by atoms with van der Waals surface area (Å²) in [5.41, 5.74) is 4.02. The second-order valence-electron chi connectivity index (χ2n) is 6.84. The first-order chi connectivity index (χ1) is 11.3. The van der Waals surface area contributed by atoms with Gasteiger partial charge in [-0.3, -0.25) is 0 Å². The van der Waals surface area contributed by atoms with Crippen molar-refractivity contribution in [3.05, 3.63) is 47.1 Å². The van der Waals surface area contributed by atoms with E-state index in [-0.39, 0.29) is 6.61 Å². The third kappa shape index (κ3) is 5.78. The van der Waals surface area contributed by atoms with Gasteiger partial charge in [0.2, 0.25) is 0 Å². The molecule has 2 rings (SSSR count). The van der Waals surface area contributed by atoms with Crippen LogP contribution in [0.15, 0.2) is 47.1 Å². The van der Waals surface area contributed by atoms with Crippen LogP contribution in [0.2, 0.25) is 0 Å². The predicted octanol–water partition coefficient (Wildman–Crippen LogP) is 4.64. The summed E-state index contributed by atoms with van der Waals surface area (Å²) in [6.45, 7) is 8.45. The first kappa shape index (κ1) is 18.2. The Morgan fingerprint density at radius 3 is 2.57 bits per heavy atom. The highest BCUT2D eigenvalue weighted by atomic mass is 16.3. The zero-order chi connectivity index (χ0) is 16.5. The van der Waals surface area contributed by atoms with E-state index >= 15 is 0 Å². The number of rotatable bonds is 10. The molecular weight excluding hydrogens is 282 g/mol. The number of aliphatic hydroxyl groups excluding tert-OH is 1. The van der Waals surface area contributed by atoms with E-state index in [1.54, 1.807) is 0 Å². The lowest BCUT2D eigenvalue weighted by atomic mass is 9.82. The van der Waals surface area contributed by atoms with Gasteiger partial charge in [0.05, 0.1) is 6.61 Å².